The van der Waals surface area contributed by atoms with Crippen LogP contribution >= 0.6 is 0 Å². The summed E-state index contributed by atoms with van der Waals surface area (Å²) in [6.07, 6.45) is 0.882. The molecule has 0 fully saturated rings. The number of benzene rings is 1. The van der Waals surface area contributed by atoms with Crippen molar-refractivity contribution in [3.63, 3.8) is 0 Å². The van der Waals surface area contributed by atoms with E-state index in [1.807, 2.05) is 31.2 Å². The monoisotopic (exact) mass is 255 g/mol. The van der Waals surface area contributed by atoms with Gasteiger partial charge in [0, 0.05) is 42.7 Å². The van der Waals surface area contributed by atoms with E-state index in [9.17, 15) is 4.79 Å². The third-order valence-corrected chi connectivity index (χ3v) is 3.48. The number of nitrogens with one attached hydrogen (secondary N) is 2. The summed E-state index contributed by atoms with van der Waals surface area (Å²) in [4.78, 5) is 17.1. The molecular weight excluding hydrogens is 238 g/mol. The molecule has 2 aromatic rings. The smallest absolute Gasteiger partial charge is 0.252 e. The van der Waals surface area contributed by atoms with Gasteiger partial charge in [-0.15, -0.1) is 0 Å². The molecule has 1 aromatic carbocycles. The second-order valence-electron chi connectivity index (χ2n) is 4.72. The van der Waals surface area contributed by atoms with E-state index in [1.165, 1.54) is 0 Å². The van der Waals surface area contributed by atoms with Crippen LogP contribution in [0.25, 0.3) is 10.9 Å². The van der Waals surface area contributed by atoms with Crippen molar-refractivity contribution in [2.24, 2.45) is 0 Å². The minimum atomic E-state index is 0.000972. The van der Waals surface area contributed by atoms with Crippen LogP contribution in [0.2, 0.25) is 0 Å². The number of aromatic nitrogens is 1. The normalized spacial score (nSPS) is 14.2. The van der Waals surface area contributed by atoms with Gasteiger partial charge in [-0.25, -0.2) is 0 Å². The van der Waals surface area contributed by atoms with E-state index in [-0.39, 0.29) is 5.91 Å². The standard InChI is InChI=1S/C15H17N3O/c1-2-17-15(19)14-10-5-3-4-6-12(10)18-13-7-8-16-9-11(13)14/h3-6,16H,2,7-9H2,1H3,(H,17,19). The number of carbonyl (C=O) groups is 1. The highest BCUT2D eigenvalue weighted by Gasteiger charge is 2.21. The van der Waals surface area contributed by atoms with Gasteiger partial charge in [-0.05, 0) is 13.0 Å². The SMILES string of the molecule is CCNC(=O)c1c2c(nc3ccccc13)CCNC2. The van der Waals surface area contributed by atoms with Gasteiger partial charge in [0.1, 0.15) is 0 Å². The molecule has 98 valence electrons. The van der Waals surface area contributed by atoms with E-state index in [0.717, 1.165) is 47.2 Å². The average Bonchev–Trinajstić information content (AvgIpc) is 2.44. The number of amides is 1. The number of hydrogen-bond donors (Lipinski definition) is 2. The van der Waals surface area contributed by atoms with Crippen LogP contribution in [0.1, 0.15) is 28.5 Å². The Bertz CT molecular complexity index is 637. The Balaban J connectivity index is 2.27. The first-order chi connectivity index (χ1) is 9.31. The molecule has 4 nitrogen and oxygen atoms in total. The van der Waals surface area contributed by atoms with Gasteiger partial charge in [0.2, 0.25) is 0 Å². The molecular formula is C15H17N3O. The number of rotatable bonds is 2. The molecule has 1 aliphatic rings. The molecule has 0 spiro atoms. The highest BCUT2D eigenvalue weighted by atomic mass is 16.1. The van der Waals surface area contributed by atoms with E-state index < -0.39 is 0 Å². The maximum Gasteiger partial charge on any atom is 0.252 e. The lowest BCUT2D eigenvalue weighted by atomic mass is 9.96. The van der Waals surface area contributed by atoms with Crippen LogP contribution in [-0.4, -0.2) is 24.0 Å². The maximum absolute atomic E-state index is 12.4. The second-order valence-corrected chi connectivity index (χ2v) is 4.72. The average molecular weight is 255 g/mol. The van der Waals surface area contributed by atoms with Gasteiger partial charge < -0.3 is 10.6 Å². The van der Waals surface area contributed by atoms with E-state index in [1.54, 1.807) is 0 Å². The minimum Gasteiger partial charge on any atom is -0.352 e. The number of pyridine rings is 1. The van der Waals surface area contributed by atoms with E-state index in [2.05, 4.69) is 10.6 Å². The molecule has 0 atom stereocenters. The largest absolute Gasteiger partial charge is 0.352 e. The number of hydrogen-bond acceptors (Lipinski definition) is 3. The first-order valence-electron chi connectivity index (χ1n) is 6.70. The molecule has 3 rings (SSSR count). The van der Waals surface area contributed by atoms with Crippen LogP contribution in [-0.2, 0) is 13.0 Å². The predicted molar refractivity (Wildman–Crippen MR) is 75.2 cm³/mol. The van der Waals surface area contributed by atoms with E-state index in [0.29, 0.717) is 6.54 Å². The first kappa shape index (κ1) is 12.1. The summed E-state index contributed by atoms with van der Waals surface area (Å²) in [7, 11) is 0. The van der Waals surface area contributed by atoms with Crippen molar-refractivity contribution in [2.75, 3.05) is 13.1 Å². The Morgan fingerprint density at radius 2 is 2.26 bits per heavy atom. The van der Waals surface area contributed by atoms with Gasteiger partial charge in [-0.1, -0.05) is 18.2 Å². The molecule has 2 N–H and O–H groups in total. The first-order valence-corrected chi connectivity index (χ1v) is 6.70. The van der Waals surface area contributed by atoms with Crippen molar-refractivity contribution in [3.05, 3.63) is 41.1 Å². The lowest BCUT2D eigenvalue weighted by molar-refractivity contribution is 0.0956. The van der Waals surface area contributed by atoms with Crippen molar-refractivity contribution >= 4 is 16.8 Å². The van der Waals surface area contributed by atoms with Crippen LogP contribution in [0.3, 0.4) is 0 Å². The molecule has 0 saturated carbocycles. The predicted octanol–water partition coefficient (Wildman–Crippen LogP) is 1.63. The summed E-state index contributed by atoms with van der Waals surface area (Å²) in [6.45, 7) is 4.22. The van der Waals surface area contributed by atoms with E-state index >= 15 is 0 Å². The molecule has 0 aliphatic carbocycles. The Morgan fingerprint density at radius 3 is 3.11 bits per heavy atom. The van der Waals surface area contributed by atoms with Gasteiger partial charge in [0.15, 0.2) is 0 Å². The second kappa shape index (κ2) is 4.97. The van der Waals surface area contributed by atoms with Gasteiger partial charge in [0.25, 0.3) is 5.91 Å². The van der Waals surface area contributed by atoms with Gasteiger partial charge >= 0.3 is 0 Å². The van der Waals surface area contributed by atoms with Crippen LogP contribution in [0.15, 0.2) is 24.3 Å². The summed E-state index contributed by atoms with van der Waals surface area (Å²) >= 11 is 0. The molecule has 4 heteroatoms. The van der Waals surface area contributed by atoms with E-state index in [4.69, 9.17) is 4.98 Å². The Hall–Kier alpha value is -1.94. The molecule has 0 unspecified atom stereocenters. The lowest BCUT2D eigenvalue weighted by Gasteiger charge is -2.21. The lowest BCUT2D eigenvalue weighted by Crippen LogP contribution is -2.30. The van der Waals surface area contributed by atoms with Crippen molar-refractivity contribution in [1.29, 1.82) is 0 Å². The fourth-order valence-corrected chi connectivity index (χ4v) is 2.63. The Labute approximate surface area is 112 Å². The van der Waals surface area contributed by atoms with Crippen LogP contribution in [0.5, 0.6) is 0 Å². The third kappa shape index (κ3) is 2.08. The molecule has 0 radical (unpaired) electrons. The summed E-state index contributed by atoms with van der Waals surface area (Å²) in [5, 5.41) is 7.17. The number of para-hydroxylation sites is 1. The number of fused-ring (bicyclic) bond motifs is 2. The summed E-state index contributed by atoms with van der Waals surface area (Å²) in [5.41, 5.74) is 3.80. The van der Waals surface area contributed by atoms with Gasteiger partial charge in [0.05, 0.1) is 11.1 Å². The molecule has 1 amide bonds. The molecule has 2 heterocycles. The van der Waals surface area contributed by atoms with Crippen LogP contribution in [0, 0.1) is 0 Å². The van der Waals surface area contributed by atoms with Gasteiger partial charge in [-0.3, -0.25) is 9.78 Å². The zero-order chi connectivity index (χ0) is 13.2. The molecule has 19 heavy (non-hydrogen) atoms. The summed E-state index contributed by atoms with van der Waals surface area (Å²) in [6, 6.07) is 7.86. The Kier molecular flexibility index (Phi) is 3.17. The van der Waals surface area contributed by atoms with Crippen molar-refractivity contribution in [1.82, 2.24) is 15.6 Å². The highest BCUT2D eigenvalue weighted by Crippen LogP contribution is 2.25. The Morgan fingerprint density at radius 1 is 1.42 bits per heavy atom. The van der Waals surface area contributed by atoms with Crippen molar-refractivity contribution in [3.8, 4) is 0 Å². The highest BCUT2D eigenvalue weighted by molar-refractivity contribution is 6.07. The number of nitrogens with zero attached hydrogens (tertiary/aromatic N) is 1. The summed E-state index contributed by atoms with van der Waals surface area (Å²) < 4.78 is 0. The van der Waals surface area contributed by atoms with Crippen molar-refractivity contribution in [2.45, 2.75) is 19.9 Å². The zero-order valence-corrected chi connectivity index (χ0v) is 11.0. The molecule has 1 aromatic heterocycles. The fraction of sp³-hybridized carbons (Fsp3) is 0.333. The van der Waals surface area contributed by atoms with Crippen molar-refractivity contribution < 1.29 is 4.79 Å². The quantitative estimate of drug-likeness (QED) is 0.857. The summed E-state index contributed by atoms with van der Waals surface area (Å²) in [5.74, 6) is 0.000972. The fourth-order valence-electron chi connectivity index (χ4n) is 2.63. The zero-order valence-electron chi connectivity index (χ0n) is 11.0. The van der Waals surface area contributed by atoms with Crippen LogP contribution < -0.4 is 10.6 Å². The van der Waals surface area contributed by atoms with Gasteiger partial charge in [-0.2, -0.15) is 0 Å². The molecule has 0 saturated heterocycles. The minimum absolute atomic E-state index is 0.000972. The third-order valence-electron chi connectivity index (χ3n) is 3.48. The molecule has 0 bridgehead atoms. The van der Waals surface area contributed by atoms with Crippen LogP contribution in [0.4, 0.5) is 0 Å². The topological polar surface area (TPSA) is 54.0 Å². The number of carbonyl (C=O) groups excluding carboxylic acids is 1. The maximum atomic E-state index is 12.4. The molecule has 1 aliphatic heterocycles.